The number of aliphatic hydroxyl groups excluding tert-OH is 1. The molecule has 3 aromatic carbocycles. The van der Waals surface area contributed by atoms with Crippen LogP contribution in [-0.2, 0) is 29.2 Å². The van der Waals surface area contributed by atoms with Gasteiger partial charge in [-0.1, -0.05) is 6.07 Å². The van der Waals surface area contributed by atoms with E-state index < -0.39 is 35.7 Å². The molecule has 47 heavy (non-hydrogen) atoms. The molecule has 0 spiro atoms. The second-order valence-electron chi connectivity index (χ2n) is 12.5. The lowest BCUT2D eigenvalue weighted by atomic mass is 9.83. The number of carbonyl (C=O) groups excluding carboxylic acids is 3. The number of hydrogen-bond donors (Lipinski definition) is 2. The molecule has 0 bridgehead atoms. The average molecular weight is 642 g/mol. The van der Waals surface area contributed by atoms with Crippen LogP contribution in [0.1, 0.15) is 63.5 Å². The molecule has 2 saturated heterocycles. The van der Waals surface area contributed by atoms with Crippen molar-refractivity contribution < 1.29 is 33.0 Å². The fraction of sp³-hybridized carbons (Fsp3) is 0.371. The van der Waals surface area contributed by atoms with E-state index in [4.69, 9.17) is 10.00 Å². The molecule has 3 atom stereocenters. The maximum atomic E-state index is 15.7. The van der Waals surface area contributed by atoms with Gasteiger partial charge in [0.05, 0.1) is 36.0 Å². The smallest absolute Gasteiger partial charge is 0.255 e. The molecule has 1 aliphatic carbocycles. The van der Waals surface area contributed by atoms with Gasteiger partial charge in [0.15, 0.2) is 0 Å². The van der Waals surface area contributed by atoms with Crippen molar-refractivity contribution in [3.8, 4) is 11.8 Å². The Morgan fingerprint density at radius 1 is 0.979 bits per heavy atom. The standard InChI is InChI=1S/C35H33F2N5O5/c36-26-16-24-21(5-8-30(43)33(24)41-12-10-40(11-13-41)28-6-4-20(17-38)14-27(28)37)15-22(26)19-47-31-3-1-2-23-25(31)18-42(35(23)46)29-7-9-32(44)39-34(29)45/h1-4,6,14-16,29-30,33,43H,5,7-13,18-19H2,(H,39,44,45)/t29-,30?,33?/m0/s1. The first-order chi connectivity index (χ1) is 22.7. The molecule has 2 unspecified atom stereocenters. The third-order valence-corrected chi connectivity index (χ3v) is 9.75. The number of fused-ring (bicyclic) bond motifs is 2. The minimum absolute atomic E-state index is 0.0791. The van der Waals surface area contributed by atoms with Gasteiger partial charge in [0.2, 0.25) is 11.8 Å². The molecule has 4 aliphatic rings. The highest BCUT2D eigenvalue weighted by molar-refractivity contribution is 6.05. The molecule has 3 aromatic rings. The summed E-state index contributed by atoms with van der Waals surface area (Å²) in [5.41, 5.74) is 3.73. The number of anilines is 1. The molecule has 0 saturated carbocycles. The Balaban J connectivity index is 1.05. The number of ether oxygens (including phenoxy) is 1. The van der Waals surface area contributed by atoms with Gasteiger partial charge in [-0.25, -0.2) is 8.78 Å². The quantitative estimate of drug-likeness (QED) is 0.393. The summed E-state index contributed by atoms with van der Waals surface area (Å²) in [5.74, 6) is -1.65. The largest absolute Gasteiger partial charge is 0.488 e. The molecule has 12 heteroatoms. The molecule has 0 radical (unpaired) electrons. The van der Waals surface area contributed by atoms with Crippen LogP contribution in [0.2, 0.25) is 0 Å². The van der Waals surface area contributed by atoms with Crippen molar-refractivity contribution in [2.24, 2.45) is 0 Å². The highest BCUT2D eigenvalue weighted by Gasteiger charge is 2.40. The van der Waals surface area contributed by atoms with Gasteiger partial charge in [-0.2, -0.15) is 5.26 Å². The number of aliphatic hydroxyl groups is 1. The molecule has 7 rings (SSSR count). The molecular weight excluding hydrogens is 608 g/mol. The van der Waals surface area contributed by atoms with Crippen molar-refractivity contribution >= 4 is 23.4 Å². The second-order valence-corrected chi connectivity index (χ2v) is 12.5. The van der Waals surface area contributed by atoms with Gasteiger partial charge in [-0.05, 0) is 72.9 Å². The van der Waals surface area contributed by atoms with E-state index in [9.17, 15) is 23.9 Å². The molecule has 10 nitrogen and oxygen atoms in total. The van der Waals surface area contributed by atoms with Crippen molar-refractivity contribution in [1.29, 1.82) is 5.26 Å². The fourth-order valence-corrected chi connectivity index (χ4v) is 7.32. The Morgan fingerprint density at radius 3 is 2.53 bits per heavy atom. The van der Waals surface area contributed by atoms with Crippen molar-refractivity contribution in [2.45, 2.75) is 57.0 Å². The highest BCUT2D eigenvalue weighted by Crippen LogP contribution is 2.38. The number of nitrogens with zero attached hydrogens (tertiary/aromatic N) is 4. The lowest BCUT2D eigenvalue weighted by molar-refractivity contribution is -0.136. The number of aryl methyl sites for hydroxylation is 1. The van der Waals surface area contributed by atoms with Gasteiger partial charge in [0.25, 0.3) is 5.91 Å². The highest BCUT2D eigenvalue weighted by atomic mass is 19.1. The SMILES string of the molecule is N#Cc1ccc(N2CCN(C3c4cc(F)c(COc5cccc6c5CN([C@H]5CCC(=O)NC5=O)C6=O)cc4CCC3O)CC2)c(F)c1. The second kappa shape index (κ2) is 12.4. The number of rotatable bonds is 6. The number of amides is 3. The normalized spacial score (nSPS) is 22.9. The molecule has 2 N–H and O–H groups in total. The van der Waals surface area contributed by atoms with Crippen LogP contribution in [0.15, 0.2) is 48.5 Å². The Hall–Kier alpha value is -4.86. The van der Waals surface area contributed by atoms with Crippen LogP contribution in [-0.4, -0.2) is 71.0 Å². The summed E-state index contributed by atoms with van der Waals surface area (Å²) in [7, 11) is 0. The molecule has 3 amide bonds. The Kier molecular flexibility index (Phi) is 8.11. The summed E-state index contributed by atoms with van der Waals surface area (Å²) in [6.45, 7) is 2.18. The number of nitrogens with one attached hydrogen (secondary N) is 1. The maximum absolute atomic E-state index is 15.7. The number of carbonyl (C=O) groups is 3. The van der Waals surface area contributed by atoms with E-state index in [1.165, 1.54) is 17.0 Å². The van der Waals surface area contributed by atoms with Crippen LogP contribution >= 0.6 is 0 Å². The topological polar surface area (TPSA) is 126 Å². The van der Waals surface area contributed by atoms with Crippen LogP contribution in [0.25, 0.3) is 0 Å². The van der Waals surface area contributed by atoms with E-state index in [0.29, 0.717) is 67.1 Å². The first-order valence-corrected chi connectivity index (χ1v) is 15.8. The number of piperidine rings is 1. The van der Waals surface area contributed by atoms with Gasteiger partial charge in [-0.15, -0.1) is 0 Å². The Morgan fingerprint density at radius 2 is 1.79 bits per heavy atom. The Labute approximate surface area is 270 Å². The van der Waals surface area contributed by atoms with Crippen molar-refractivity contribution in [1.82, 2.24) is 15.1 Å². The molecular formula is C35H33F2N5O5. The number of hydrogen-bond acceptors (Lipinski definition) is 8. The van der Waals surface area contributed by atoms with Crippen LogP contribution in [0, 0.1) is 23.0 Å². The maximum Gasteiger partial charge on any atom is 0.255 e. The monoisotopic (exact) mass is 641 g/mol. The van der Waals surface area contributed by atoms with Crippen LogP contribution in [0.4, 0.5) is 14.5 Å². The van der Waals surface area contributed by atoms with Crippen molar-refractivity contribution in [2.75, 3.05) is 31.1 Å². The van der Waals surface area contributed by atoms with E-state index in [1.807, 2.05) is 11.0 Å². The van der Waals surface area contributed by atoms with E-state index in [-0.39, 0.29) is 43.4 Å². The number of nitriles is 1. The predicted molar refractivity (Wildman–Crippen MR) is 165 cm³/mol. The number of imide groups is 1. The van der Waals surface area contributed by atoms with Crippen LogP contribution in [0.3, 0.4) is 0 Å². The lowest BCUT2D eigenvalue weighted by Gasteiger charge is -2.44. The zero-order chi connectivity index (χ0) is 32.8. The first kappa shape index (κ1) is 30.8. The molecule has 3 aliphatic heterocycles. The van der Waals surface area contributed by atoms with Crippen molar-refractivity contribution in [3.63, 3.8) is 0 Å². The zero-order valence-electron chi connectivity index (χ0n) is 25.5. The number of benzene rings is 3. The number of halogens is 2. The lowest BCUT2D eigenvalue weighted by Crippen LogP contribution is -2.52. The minimum atomic E-state index is -0.748. The molecule has 3 heterocycles. The third kappa shape index (κ3) is 5.70. The zero-order valence-corrected chi connectivity index (χ0v) is 25.5. The van der Waals surface area contributed by atoms with Crippen LogP contribution < -0.4 is 15.0 Å². The summed E-state index contributed by atoms with van der Waals surface area (Å²) in [6.07, 6.45) is 0.816. The summed E-state index contributed by atoms with van der Waals surface area (Å²) in [5, 5.41) is 22.4. The molecule has 242 valence electrons. The first-order valence-electron chi connectivity index (χ1n) is 15.8. The van der Waals surface area contributed by atoms with Gasteiger partial charge in [0, 0.05) is 49.3 Å². The molecule has 0 aromatic heterocycles. The van der Waals surface area contributed by atoms with Crippen LogP contribution in [0.5, 0.6) is 5.75 Å². The van der Waals surface area contributed by atoms with Gasteiger partial charge >= 0.3 is 0 Å². The van der Waals surface area contributed by atoms with E-state index >= 15 is 4.39 Å². The molecule has 2 fully saturated rings. The summed E-state index contributed by atoms with van der Waals surface area (Å²) >= 11 is 0. The Bertz CT molecular complexity index is 1820. The van der Waals surface area contributed by atoms with Gasteiger partial charge < -0.3 is 19.6 Å². The van der Waals surface area contributed by atoms with Gasteiger partial charge in [-0.3, -0.25) is 24.6 Å². The third-order valence-electron chi connectivity index (χ3n) is 9.75. The number of piperazine rings is 1. The average Bonchev–Trinajstić information content (AvgIpc) is 3.40. The van der Waals surface area contributed by atoms with E-state index in [2.05, 4.69) is 10.2 Å². The van der Waals surface area contributed by atoms with Crippen molar-refractivity contribution in [3.05, 3.63) is 93.5 Å². The fourth-order valence-electron chi connectivity index (χ4n) is 7.32. The summed E-state index contributed by atoms with van der Waals surface area (Å²) in [4.78, 5) is 42.7. The van der Waals surface area contributed by atoms with Gasteiger partial charge in [0.1, 0.15) is 30.0 Å². The van der Waals surface area contributed by atoms with E-state index in [1.54, 1.807) is 36.4 Å². The summed E-state index contributed by atoms with van der Waals surface area (Å²) < 4.78 is 36.4. The predicted octanol–water partition coefficient (Wildman–Crippen LogP) is 3.35. The minimum Gasteiger partial charge on any atom is -0.488 e. The summed E-state index contributed by atoms with van der Waals surface area (Å²) in [6, 6.07) is 13.6. The van der Waals surface area contributed by atoms with E-state index in [0.717, 1.165) is 11.1 Å².